The van der Waals surface area contributed by atoms with Crippen LogP contribution in [0.1, 0.15) is 39.2 Å². The second kappa shape index (κ2) is 8.45. The van der Waals surface area contributed by atoms with Crippen LogP contribution in [-0.4, -0.2) is 25.2 Å². The fourth-order valence-corrected chi connectivity index (χ4v) is 2.53. The minimum atomic E-state index is -0.410. The van der Waals surface area contributed by atoms with Gasteiger partial charge in [-0.1, -0.05) is 44.2 Å². The van der Waals surface area contributed by atoms with Crippen molar-refractivity contribution in [2.75, 3.05) is 13.2 Å². The molecule has 21 heavy (non-hydrogen) atoms. The average Bonchev–Trinajstić information content (AvgIpc) is 2.48. The lowest BCUT2D eigenvalue weighted by molar-refractivity contribution is -0.152. The Labute approximate surface area is 126 Å². The summed E-state index contributed by atoms with van der Waals surface area (Å²) in [6, 6.07) is 9.56. The highest BCUT2D eigenvalue weighted by atomic mass is 16.5. The zero-order chi connectivity index (χ0) is 15.8. The Morgan fingerprint density at radius 3 is 1.71 bits per heavy atom. The number of carbonyl (C=O) groups excluding carboxylic acids is 2. The number of rotatable bonds is 7. The molecule has 0 aliphatic heterocycles. The van der Waals surface area contributed by atoms with Crippen molar-refractivity contribution in [1.29, 1.82) is 0 Å². The lowest BCUT2D eigenvalue weighted by Gasteiger charge is -2.27. The summed E-state index contributed by atoms with van der Waals surface area (Å²) in [5, 5.41) is 0. The first kappa shape index (κ1) is 17.2. The maximum absolute atomic E-state index is 12.1. The summed E-state index contributed by atoms with van der Waals surface area (Å²) >= 11 is 0. The van der Waals surface area contributed by atoms with Crippen LogP contribution >= 0.6 is 0 Å². The fourth-order valence-electron chi connectivity index (χ4n) is 2.53. The van der Waals surface area contributed by atoms with Gasteiger partial charge in [0.05, 0.1) is 25.0 Å². The summed E-state index contributed by atoms with van der Waals surface area (Å²) in [6.07, 6.45) is 0. The van der Waals surface area contributed by atoms with E-state index >= 15 is 0 Å². The molecule has 0 aliphatic carbocycles. The van der Waals surface area contributed by atoms with E-state index in [1.807, 2.05) is 30.3 Å². The Kier molecular flexibility index (Phi) is 6.92. The van der Waals surface area contributed by atoms with Gasteiger partial charge in [-0.05, 0) is 19.4 Å². The van der Waals surface area contributed by atoms with Gasteiger partial charge in [-0.15, -0.1) is 0 Å². The van der Waals surface area contributed by atoms with Crippen molar-refractivity contribution in [3.63, 3.8) is 0 Å². The lowest BCUT2D eigenvalue weighted by atomic mass is 9.78. The van der Waals surface area contributed by atoms with E-state index in [0.717, 1.165) is 5.56 Å². The van der Waals surface area contributed by atoms with Crippen LogP contribution in [-0.2, 0) is 19.1 Å². The number of hydrogen-bond donors (Lipinski definition) is 0. The van der Waals surface area contributed by atoms with Gasteiger partial charge >= 0.3 is 11.9 Å². The highest BCUT2D eigenvalue weighted by Gasteiger charge is 2.35. The molecule has 3 atom stereocenters. The van der Waals surface area contributed by atoms with E-state index in [0.29, 0.717) is 13.2 Å². The van der Waals surface area contributed by atoms with Gasteiger partial charge in [0.15, 0.2) is 0 Å². The van der Waals surface area contributed by atoms with Crippen LogP contribution in [0.5, 0.6) is 0 Å². The molecule has 0 radical (unpaired) electrons. The normalized spacial score (nSPS) is 14.9. The molecule has 0 saturated heterocycles. The summed E-state index contributed by atoms with van der Waals surface area (Å²) in [5.41, 5.74) is 0.943. The smallest absolute Gasteiger partial charge is 0.309 e. The second-order valence-electron chi connectivity index (χ2n) is 5.02. The SMILES string of the molecule is CCOC(=O)[C@@H](C)C(c1ccccc1)[C@@H](C)C(=O)OCC. The molecule has 4 heteroatoms. The van der Waals surface area contributed by atoms with Crippen LogP contribution in [0.3, 0.4) is 0 Å². The number of carbonyl (C=O) groups is 2. The Morgan fingerprint density at radius 2 is 1.33 bits per heavy atom. The van der Waals surface area contributed by atoms with Crippen molar-refractivity contribution in [2.24, 2.45) is 11.8 Å². The summed E-state index contributed by atoms with van der Waals surface area (Å²) in [4.78, 5) is 24.1. The molecular formula is C17H24O4. The standard InChI is InChI=1S/C17H24O4/c1-5-20-16(18)12(3)15(13(4)17(19)21-6-2)14-10-8-7-9-11-14/h7-13,15H,5-6H2,1-4H3/t12-,13+,15?. The third kappa shape index (κ3) is 4.59. The number of benzene rings is 1. The zero-order valence-corrected chi connectivity index (χ0v) is 13.2. The third-order valence-corrected chi connectivity index (χ3v) is 3.58. The van der Waals surface area contributed by atoms with E-state index in [2.05, 4.69) is 0 Å². The molecule has 0 heterocycles. The molecule has 0 aliphatic rings. The Bertz CT molecular complexity index is 431. The van der Waals surface area contributed by atoms with Crippen LogP contribution in [0.4, 0.5) is 0 Å². The summed E-state index contributed by atoms with van der Waals surface area (Å²) in [7, 11) is 0. The highest BCUT2D eigenvalue weighted by Crippen LogP contribution is 2.33. The van der Waals surface area contributed by atoms with Crippen LogP contribution in [0.2, 0.25) is 0 Å². The largest absolute Gasteiger partial charge is 0.466 e. The molecule has 0 bridgehead atoms. The summed E-state index contributed by atoms with van der Waals surface area (Å²) in [5.74, 6) is -1.66. The quantitative estimate of drug-likeness (QED) is 0.724. The van der Waals surface area contributed by atoms with E-state index in [1.54, 1.807) is 27.7 Å². The van der Waals surface area contributed by atoms with Gasteiger partial charge in [0, 0.05) is 5.92 Å². The highest BCUT2D eigenvalue weighted by molar-refractivity contribution is 5.78. The number of ether oxygens (including phenoxy) is 2. The zero-order valence-electron chi connectivity index (χ0n) is 13.2. The molecule has 0 N–H and O–H groups in total. The van der Waals surface area contributed by atoms with E-state index < -0.39 is 11.8 Å². The van der Waals surface area contributed by atoms with Gasteiger partial charge in [-0.3, -0.25) is 9.59 Å². The van der Waals surface area contributed by atoms with Crippen LogP contribution in [0, 0.1) is 11.8 Å². The molecule has 1 rings (SSSR count). The average molecular weight is 292 g/mol. The van der Waals surface area contributed by atoms with Crippen LogP contribution in [0.15, 0.2) is 30.3 Å². The molecule has 4 nitrogen and oxygen atoms in total. The minimum absolute atomic E-state index is 0.260. The van der Waals surface area contributed by atoms with Gasteiger partial charge in [0.1, 0.15) is 0 Å². The second-order valence-corrected chi connectivity index (χ2v) is 5.02. The Balaban J connectivity index is 3.05. The number of hydrogen-bond acceptors (Lipinski definition) is 4. The van der Waals surface area contributed by atoms with Gasteiger partial charge in [-0.25, -0.2) is 0 Å². The molecule has 0 amide bonds. The number of esters is 2. The maximum Gasteiger partial charge on any atom is 0.309 e. The maximum atomic E-state index is 12.1. The fraction of sp³-hybridized carbons (Fsp3) is 0.529. The molecule has 0 fully saturated rings. The summed E-state index contributed by atoms with van der Waals surface area (Å²) < 4.78 is 10.2. The first-order valence-electron chi connectivity index (χ1n) is 7.41. The van der Waals surface area contributed by atoms with Crippen molar-refractivity contribution in [3.8, 4) is 0 Å². The van der Waals surface area contributed by atoms with Gasteiger partial charge < -0.3 is 9.47 Å². The van der Waals surface area contributed by atoms with Crippen molar-refractivity contribution in [3.05, 3.63) is 35.9 Å². The monoisotopic (exact) mass is 292 g/mol. The molecule has 0 aromatic heterocycles. The molecule has 116 valence electrons. The van der Waals surface area contributed by atoms with Crippen molar-refractivity contribution < 1.29 is 19.1 Å². The van der Waals surface area contributed by atoms with Gasteiger partial charge in [-0.2, -0.15) is 0 Å². The van der Waals surface area contributed by atoms with E-state index in [-0.39, 0.29) is 17.9 Å². The minimum Gasteiger partial charge on any atom is -0.466 e. The molecule has 0 spiro atoms. The van der Waals surface area contributed by atoms with E-state index in [1.165, 1.54) is 0 Å². The molecule has 1 aromatic rings. The third-order valence-electron chi connectivity index (χ3n) is 3.58. The molecule has 0 saturated carbocycles. The van der Waals surface area contributed by atoms with E-state index in [9.17, 15) is 9.59 Å². The first-order valence-corrected chi connectivity index (χ1v) is 7.41. The lowest BCUT2D eigenvalue weighted by Crippen LogP contribution is -2.31. The molecule has 1 aromatic carbocycles. The molecular weight excluding hydrogens is 268 g/mol. The summed E-state index contributed by atoms with van der Waals surface area (Å²) in [6.45, 7) is 7.81. The van der Waals surface area contributed by atoms with Crippen molar-refractivity contribution >= 4 is 11.9 Å². The topological polar surface area (TPSA) is 52.6 Å². The van der Waals surface area contributed by atoms with Crippen molar-refractivity contribution in [1.82, 2.24) is 0 Å². The predicted octanol–water partition coefficient (Wildman–Crippen LogP) is 3.17. The predicted molar refractivity (Wildman–Crippen MR) is 80.8 cm³/mol. The molecule has 1 unspecified atom stereocenters. The Morgan fingerprint density at radius 1 is 0.905 bits per heavy atom. The van der Waals surface area contributed by atoms with Crippen LogP contribution < -0.4 is 0 Å². The van der Waals surface area contributed by atoms with Crippen LogP contribution in [0.25, 0.3) is 0 Å². The Hall–Kier alpha value is -1.84. The van der Waals surface area contributed by atoms with E-state index in [4.69, 9.17) is 9.47 Å². The first-order chi connectivity index (χ1) is 10.0. The van der Waals surface area contributed by atoms with Crippen molar-refractivity contribution in [2.45, 2.75) is 33.6 Å². The van der Waals surface area contributed by atoms with Gasteiger partial charge in [0.25, 0.3) is 0 Å². The van der Waals surface area contributed by atoms with Gasteiger partial charge in [0.2, 0.25) is 0 Å².